The van der Waals surface area contributed by atoms with Gasteiger partial charge in [0.05, 0.1) is 40.7 Å². The number of fused-ring (bicyclic) bond motifs is 2. The Kier molecular flexibility index (Phi) is 15.1. The van der Waals surface area contributed by atoms with Gasteiger partial charge in [0, 0.05) is 38.1 Å². The average molecular weight is 871 g/mol. The Labute approximate surface area is 352 Å². The molecule has 0 saturated heterocycles. The fourth-order valence-electron chi connectivity index (χ4n) is 7.67. The summed E-state index contributed by atoms with van der Waals surface area (Å²) in [5.74, 6) is -3.08. The molecule has 5 rings (SSSR count). The highest BCUT2D eigenvalue weighted by Gasteiger charge is 2.47. The number of carbonyl (C=O) groups is 5. The first-order valence-electron chi connectivity index (χ1n) is 20.5. The Bertz CT molecular complexity index is 1980. The first-order valence-corrected chi connectivity index (χ1v) is 20.5. The van der Waals surface area contributed by atoms with Crippen LogP contribution in [0.4, 0.5) is 37.7 Å². The van der Waals surface area contributed by atoms with Crippen LogP contribution in [0.2, 0.25) is 0 Å². The van der Waals surface area contributed by atoms with Crippen molar-refractivity contribution < 1.29 is 64.5 Å². The molecule has 338 valence electrons. The number of anilines is 2. The first-order chi connectivity index (χ1) is 28.3. The zero-order chi connectivity index (χ0) is 45.8. The maximum absolute atomic E-state index is 14.3. The summed E-state index contributed by atoms with van der Waals surface area (Å²) in [6.45, 7) is 13.7. The topological polar surface area (TPSA) is 135 Å². The van der Waals surface area contributed by atoms with Crippen molar-refractivity contribution in [1.82, 2.24) is 10.2 Å². The number of nitrogens with one attached hydrogen (secondary N) is 1. The van der Waals surface area contributed by atoms with Crippen LogP contribution in [0.1, 0.15) is 139 Å². The summed E-state index contributed by atoms with van der Waals surface area (Å²) in [5.41, 5.74) is -5.86. The van der Waals surface area contributed by atoms with Crippen molar-refractivity contribution in [2.75, 3.05) is 36.5 Å². The minimum Gasteiger partial charge on any atom is -0.476 e. The van der Waals surface area contributed by atoms with Crippen molar-refractivity contribution in [3.63, 3.8) is 0 Å². The lowest BCUT2D eigenvalue weighted by Crippen LogP contribution is -2.54. The summed E-state index contributed by atoms with van der Waals surface area (Å²) in [6, 6.07) is 3.36. The molecule has 2 aromatic carbocycles. The van der Waals surface area contributed by atoms with Crippen LogP contribution in [0.15, 0.2) is 24.3 Å². The van der Waals surface area contributed by atoms with Crippen LogP contribution in [0.3, 0.4) is 0 Å². The number of ether oxygens (including phenoxy) is 3. The van der Waals surface area contributed by atoms with E-state index in [1.165, 1.54) is 37.5 Å². The highest BCUT2D eigenvalue weighted by molar-refractivity contribution is 6.06. The van der Waals surface area contributed by atoms with Crippen LogP contribution in [0.25, 0.3) is 0 Å². The predicted octanol–water partition coefficient (Wildman–Crippen LogP) is 8.72. The Morgan fingerprint density at radius 3 is 1.72 bits per heavy atom. The number of nitrogens with zero attached hydrogens (tertiary/aromatic N) is 3. The third-order valence-electron chi connectivity index (χ3n) is 11.0. The summed E-state index contributed by atoms with van der Waals surface area (Å²) in [5, 5.41) is 2.69. The molecule has 1 N–H and O–H groups in total. The van der Waals surface area contributed by atoms with Gasteiger partial charge in [0.15, 0.2) is 11.2 Å². The second-order valence-corrected chi connectivity index (χ2v) is 16.3. The molecule has 1 atom stereocenters. The van der Waals surface area contributed by atoms with Gasteiger partial charge in [-0.2, -0.15) is 26.3 Å². The fourth-order valence-corrected chi connectivity index (χ4v) is 7.67. The minimum atomic E-state index is -4.80. The second-order valence-electron chi connectivity index (χ2n) is 16.3. The molecule has 12 nitrogen and oxygen atoms in total. The molecule has 2 aromatic rings. The van der Waals surface area contributed by atoms with E-state index in [-0.39, 0.29) is 66.3 Å². The van der Waals surface area contributed by atoms with E-state index < -0.39 is 63.6 Å². The van der Waals surface area contributed by atoms with E-state index in [1.54, 1.807) is 11.8 Å². The highest BCUT2D eigenvalue weighted by Crippen LogP contribution is 2.46. The largest absolute Gasteiger partial charge is 0.476 e. The van der Waals surface area contributed by atoms with Crippen molar-refractivity contribution in [1.29, 1.82) is 0 Å². The molecular weight excluding hydrogens is 814 g/mol. The van der Waals surface area contributed by atoms with E-state index in [9.17, 15) is 50.3 Å². The van der Waals surface area contributed by atoms with Crippen LogP contribution < -0.4 is 24.6 Å². The molecule has 2 heterocycles. The molecule has 2 aliphatic heterocycles. The summed E-state index contributed by atoms with van der Waals surface area (Å²) >= 11 is 0. The van der Waals surface area contributed by atoms with Crippen LogP contribution in [-0.4, -0.2) is 84.5 Å². The van der Waals surface area contributed by atoms with Gasteiger partial charge < -0.3 is 34.2 Å². The van der Waals surface area contributed by atoms with Crippen LogP contribution in [-0.2, 0) is 31.5 Å². The molecule has 0 spiro atoms. The van der Waals surface area contributed by atoms with E-state index in [2.05, 4.69) is 10.1 Å². The smallest absolute Gasteiger partial charge is 0.417 e. The lowest BCUT2D eigenvalue weighted by Gasteiger charge is -2.41. The third-order valence-corrected chi connectivity index (χ3v) is 11.0. The summed E-state index contributed by atoms with van der Waals surface area (Å²) in [7, 11) is 0.997. The zero-order valence-electron chi connectivity index (χ0n) is 36.1. The van der Waals surface area contributed by atoms with Crippen LogP contribution in [0.5, 0.6) is 11.5 Å². The number of alkyl halides is 6. The molecule has 1 unspecified atom stereocenters. The Morgan fingerprint density at radius 2 is 1.28 bits per heavy atom. The van der Waals surface area contributed by atoms with Gasteiger partial charge in [0.1, 0.15) is 11.5 Å². The molecule has 0 aromatic heterocycles. The van der Waals surface area contributed by atoms with Gasteiger partial charge in [-0.15, -0.1) is 0 Å². The molecule has 1 saturated carbocycles. The van der Waals surface area contributed by atoms with E-state index in [4.69, 9.17) is 9.47 Å². The van der Waals surface area contributed by atoms with E-state index >= 15 is 0 Å². The minimum absolute atomic E-state index is 0.0288. The molecule has 3 aliphatic rings. The van der Waals surface area contributed by atoms with Crippen molar-refractivity contribution >= 4 is 41.0 Å². The lowest BCUT2D eigenvalue weighted by molar-refractivity contribution is -0.139. The van der Waals surface area contributed by atoms with Crippen molar-refractivity contribution in [2.45, 2.75) is 142 Å². The molecule has 1 fully saturated rings. The highest BCUT2D eigenvalue weighted by atomic mass is 19.4. The zero-order valence-corrected chi connectivity index (χ0v) is 36.1. The number of benzene rings is 2. The van der Waals surface area contributed by atoms with Gasteiger partial charge in [-0.25, -0.2) is 4.79 Å². The lowest BCUT2D eigenvalue weighted by atomic mass is 9.91. The third kappa shape index (κ3) is 10.7. The number of rotatable bonds is 11. The molecule has 0 bridgehead atoms. The van der Waals surface area contributed by atoms with Gasteiger partial charge in [-0.1, -0.05) is 40.0 Å². The number of hydrogen-bond donors (Lipinski definition) is 1. The maximum Gasteiger partial charge on any atom is 0.417 e. The van der Waals surface area contributed by atoms with Gasteiger partial charge in [-0.05, 0) is 84.6 Å². The SMILES string of the molecule is CCC(=O)NCCN1C(=O)C(C)(C)Oc2cc(C(F)(F)F)c(C(=O)N(C(C)CC)C3CCCCC3)cc21.CCCN1C(=O)C(C)(C)Oc2cc(C(F)(F)F)c(C(=O)OC)cc21. The van der Waals surface area contributed by atoms with Crippen LogP contribution >= 0.6 is 0 Å². The normalized spacial score (nSPS) is 17.8. The number of hydrogen-bond acceptors (Lipinski definition) is 8. The molecule has 61 heavy (non-hydrogen) atoms. The molecule has 0 radical (unpaired) electrons. The second kappa shape index (κ2) is 18.9. The quantitative estimate of drug-likeness (QED) is 0.175. The Balaban J connectivity index is 0.000000294. The Hall–Kier alpha value is -5.03. The summed E-state index contributed by atoms with van der Waals surface area (Å²) < 4.78 is 98.4. The number of amides is 4. The van der Waals surface area contributed by atoms with E-state index in [1.807, 2.05) is 20.8 Å². The standard InChI is InChI=1S/C27H38F3N3O4.C16H18F3NO4/c1-6-17(3)33(18-11-9-8-10-12-18)24(35)19-15-21-22(16-20(19)27(28,29)30)37-26(4,5)25(36)32(21)14-13-31-23(34)7-2;1-5-6-20-11-7-9(13(21)23-4)10(16(17,18)19)8-12(11)24-15(2,3)14(20)22/h15-18H,6-14H2,1-5H3,(H,31,34);7-8H,5-6H2,1-4H3. The van der Waals surface area contributed by atoms with Crippen LogP contribution in [0, 0.1) is 0 Å². The summed E-state index contributed by atoms with van der Waals surface area (Å²) in [4.78, 5) is 67.3. The average Bonchev–Trinajstić information content (AvgIpc) is 3.19. The molecule has 1 aliphatic carbocycles. The van der Waals surface area contributed by atoms with E-state index in [0.29, 0.717) is 19.4 Å². The van der Waals surface area contributed by atoms with Gasteiger partial charge in [0.25, 0.3) is 17.7 Å². The monoisotopic (exact) mass is 870 g/mol. The van der Waals surface area contributed by atoms with Gasteiger partial charge >= 0.3 is 18.3 Å². The van der Waals surface area contributed by atoms with Crippen molar-refractivity contribution in [3.05, 3.63) is 46.5 Å². The molecule has 4 amide bonds. The Morgan fingerprint density at radius 1 is 0.803 bits per heavy atom. The van der Waals surface area contributed by atoms with Gasteiger partial charge in [-0.3, -0.25) is 19.2 Å². The summed E-state index contributed by atoms with van der Waals surface area (Å²) in [6.07, 6.45) is -3.70. The number of methoxy groups -OCH3 is 1. The van der Waals surface area contributed by atoms with Crippen molar-refractivity contribution in [3.8, 4) is 11.5 Å². The number of esters is 1. The first kappa shape index (κ1) is 48.6. The van der Waals surface area contributed by atoms with Crippen molar-refractivity contribution in [2.24, 2.45) is 0 Å². The fraction of sp³-hybridized carbons (Fsp3) is 0.605. The maximum atomic E-state index is 14.3. The predicted molar refractivity (Wildman–Crippen MR) is 215 cm³/mol. The number of carbonyl (C=O) groups excluding carboxylic acids is 5. The van der Waals surface area contributed by atoms with Gasteiger partial charge in [0.2, 0.25) is 5.91 Å². The van der Waals surface area contributed by atoms with E-state index in [0.717, 1.165) is 63.5 Å². The molecule has 18 heteroatoms. The molecular formula is C43H56F6N4O8. The number of halogens is 6.